The minimum atomic E-state index is -0.516. The lowest BCUT2D eigenvalue weighted by Crippen LogP contribution is -2.17. The summed E-state index contributed by atoms with van der Waals surface area (Å²) in [5.41, 5.74) is 1.17. The Hall–Kier alpha value is -3.09. The number of nitrogens with zero attached hydrogens (tertiary/aromatic N) is 1. The van der Waals surface area contributed by atoms with Gasteiger partial charge >= 0.3 is 5.97 Å². The number of hydrogen-bond donors (Lipinski definition) is 0. The van der Waals surface area contributed by atoms with Crippen LogP contribution in [0.25, 0.3) is 0 Å². The molecule has 0 amide bonds. The van der Waals surface area contributed by atoms with Crippen LogP contribution in [0.2, 0.25) is 0 Å². The fourth-order valence-corrected chi connectivity index (χ4v) is 2.41. The molecule has 2 aromatic carbocycles. The number of carbonyl (C=O) groups is 1. The van der Waals surface area contributed by atoms with Crippen LogP contribution in [0.3, 0.4) is 0 Å². The van der Waals surface area contributed by atoms with Crippen LogP contribution in [0.5, 0.6) is 11.5 Å². The number of ether oxygens (including phenoxy) is 3. The number of nitro benzene ring substituents is 1. The number of carbonyl (C=O) groups excluding carboxylic acids is 1. The molecule has 24 heavy (non-hydrogen) atoms. The van der Waals surface area contributed by atoms with Gasteiger partial charge in [-0.3, -0.25) is 10.1 Å². The van der Waals surface area contributed by atoms with E-state index in [0.717, 1.165) is 5.56 Å². The summed E-state index contributed by atoms with van der Waals surface area (Å²) in [6.07, 6.45) is 0.170. The zero-order chi connectivity index (χ0) is 17.1. The van der Waals surface area contributed by atoms with E-state index < -0.39 is 10.9 Å². The summed E-state index contributed by atoms with van der Waals surface area (Å²) in [7, 11) is 0. The summed E-state index contributed by atoms with van der Waals surface area (Å²) >= 11 is 0. The molecule has 1 unspecified atom stereocenters. The predicted molar refractivity (Wildman–Crippen MR) is 84.2 cm³/mol. The van der Waals surface area contributed by atoms with Crippen LogP contribution in [0.15, 0.2) is 42.5 Å². The second-order valence-corrected chi connectivity index (χ2v) is 5.41. The topological polar surface area (TPSA) is 87.9 Å². The molecule has 0 N–H and O–H groups in total. The lowest BCUT2D eigenvalue weighted by Gasteiger charge is -2.13. The molecule has 7 heteroatoms. The second kappa shape index (κ2) is 6.57. The van der Waals surface area contributed by atoms with E-state index in [-0.39, 0.29) is 24.1 Å². The highest BCUT2D eigenvalue weighted by molar-refractivity contribution is 5.89. The Morgan fingerprint density at radius 2 is 1.92 bits per heavy atom. The lowest BCUT2D eigenvalue weighted by molar-refractivity contribution is -0.384. The van der Waals surface area contributed by atoms with Gasteiger partial charge in [-0.15, -0.1) is 0 Å². The summed E-state index contributed by atoms with van der Waals surface area (Å²) in [6, 6.07) is 10.9. The second-order valence-electron chi connectivity index (χ2n) is 5.41. The number of non-ortho nitro benzene ring substituents is 1. The number of rotatable bonds is 5. The third kappa shape index (κ3) is 3.45. The van der Waals surface area contributed by atoms with Gasteiger partial charge in [0.25, 0.3) is 5.69 Å². The van der Waals surface area contributed by atoms with Gasteiger partial charge in [0.2, 0.25) is 6.79 Å². The Morgan fingerprint density at radius 3 is 2.62 bits per heavy atom. The molecule has 1 heterocycles. The van der Waals surface area contributed by atoms with Crippen molar-refractivity contribution in [3.05, 3.63) is 63.7 Å². The molecule has 0 saturated carbocycles. The van der Waals surface area contributed by atoms with Crippen LogP contribution < -0.4 is 9.47 Å². The Labute approximate surface area is 137 Å². The molecule has 0 aromatic heterocycles. The van der Waals surface area contributed by atoms with E-state index in [4.69, 9.17) is 14.2 Å². The third-order valence-corrected chi connectivity index (χ3v) is 3.58. The summed E-state index contributed by atoms with van der Waals surface area (Å²) in [4.78, 5) is 22.2. The van der Waals surface area contributed by atoms with Gasteiger partial charge in [0.15, 0.2) is 11.5 Å². The van der Waals surface area contributed by atoms with Crippen molar-refractivity contribution < 1.29 is 23.9 Å². The van der Waals surface area contributed by atoms with E-state index in [9.17, 15) is 14.9 Å². The third-order valence-electron chi connectivity index (χ3n) is 3.58. The molecule has 2 aromatic rings. The molecule has 0 fully saturated rings. The summed E-state index contributed by atoms with van der Waals surface area (Å²) in [6.45, 7) is 2.00. The highest BCUT2D eigenvalue weighted by Crippen LogP contribution is 2.32. The van der Waals surface area contributed by atoms with Gasteiger partial charge in [0.1, 0.15) is 6.10 Å². The van der Waals surface area contributed by atoms with Crippen molar-refractivity contribution in [1.82, 2.24) is 0 Å². The van der Waals surface area contributed by atoms with Crippen LogP contribution in [-0.4, -0.2) is 23.8 Å². The maximum atomic E-state index is 12.1. The molecule has 0 bridgehead atoms. The number of benzene rings is 2. The van der Waals surface area contributed by atoms with E-state index in [2.05, 4.69) is 0 Å². The zero-order valence-electron chi connectivity index (χ0n) is 12.9. The zero-order valence-corrected chi connectivity index (χ0v) is 12.9. The van der Waals surface area contributed by atoms with E-state index in [0.29, 0.717) is 17.9 Å². The van der Waals surface area contributed by atoms with Crippen LogP contribution in [0, 0.1) is 10.1 Å². The molecule has 124 valence electrons. The van der Waals surface area contributed by atoms with Gasteiger partial charge in [-0.1, -0.05) is 6.07 Å². The van der Waals surface area contributed by atoms with Gasteiger partial charge in [-0.25, -0.2) is 4.79 Å². The first kappa shape index (κ1) is 15.8. The van der Waals surface area contributed by atoms with Crippen LogP contribution in [0.4, 0.5) is 5.69 Å². The Morgan fingerprint density at radius 1 is 1.21 bits per heavy atom. The molecular formula is C17H15NO6. The standard InChI is InChI=1S/C17H15NO6/c1-11(8-12-2-7-15-16(9-12)23-10-22-15)24-17(19)13-3-5-14(6-4-13)18(20)21/h2-7,9,11H,8,10H2,1H3. The molecule has 0 spiro atoms. The van der Waals surface area contributed by atoms with E-state index in [1.807, 2.05) is 18.2 Å². The van der Waals surface area contributed by atoms with Crippen LogP contribution >= 0.6 is 0 Å². The monoisotopic (exact) mass is 329 g/mol. The highest BCUT2D eigenvalue weighted by Gasteiger charge is 2.17. The predicted octanol–water partition coefficient (Wildman–Crippen LogP) is 3.11. The average molecular weight is 329 g/mol. The largest absolute Gasteiger partial charge is 0.459 e. The minimum absolute atomic E-state index is 0.0695. The van der Waals surface area contributed by atoms with Crippen molar-refractivity contribution in [3.8, 4) is 11.5 Å². The first-order valence-corrected chi connectivity index (χ1v) is 7.37. The number of esters is 1. The molecule has 7 nitrogen and oxygen atoms in total. The molecule has 1 aliphatic rings. The molecule has 0 aliphatic carbocycles. The highest BCUT2D eigenvalue weighted by atomic mass is 16.7. The fraction of sp³-hybridized carbons (Fsp3) is 0.235. The molecule has 0 radical (unpaired) electrons. The molecule has 1 aliphatic heterocycles. The summed E-state index contributed by atoms with van der Waals surface area (Å²) in [5.74, 6) is 0.869. The van der Waals surface area contributed by atoms with Crippen molar-refractivity contribution in [1.29, 1.82) is 0 Å². The van der Waals surface area contributed by atoms with Gasteiger partial charge in [0, 0.05) is 18.6 Å². The number of nitro groups is 1. The Balaban J connectivity index is 1.60. The van der Waals surface area contributed by atoms with Gasteiger partial charge in [0.05, 0.1) is 10.5 Å². The van der Waals surface area contributed by atoms with Crippen molar-refractivity contribution >= 4 is 11.7 Å². The van der Waals surface area contributed by atoms with Crippen LogP contribution in [0.1, 0.15) is 22.8 Å². The smallest absolute Gasteiger partial charge is 0.338 e. The van der Waals surface area contributed by atoms with Crippen molar-refractivity contribution in [2.75, 3.05) is 6.79 Å². The summed E-state index contributed by atoms with van der Waals surface area (Å²) < 4.78 is 15.9. The number of hydrogen-bond acceptors (Lipinski definition) is 6. The number of fused-ring (bicyclic) bond motifs is 1. The van der Waals surface area contributed by atoms with Gasteiger partial charge in [-0.05, 0) is 36.8 Å². The van der Waals surface area contributed by atoms with Crippen molar-refractivity contribution in [3.63, 3.8) is 0 Å². The minimum Gasteiger partial charge on any atom is -0.459 e. The fourth-order valence-electron chi connectivity index (χ4n) is 2.41. The van der Waals surface area contributed by atoms with Crippen molar-refractivity contribution in [2.45, 2.75) is 19.4 Å². The molecule has 1 atom stereocenters. The van der Waals surface area contributed by atoms with Gasteiger partial charge < -0.3 is 14.2 Å². The SMILES string of the molecule is CC(Cc1ccc2c(c1)OCO2)OC(=O)c1ccc([N+](=O)[O-])cc1. The normalized spacial score (nSPS) is 13.4. The Kier molecular flexibility index (Phi) is 4.33. The van der Waals surface area contributed by atoms with Crippen molar-refractivity contribution in [2.24, 2.45) is 0 Å². The van der Waals surface area contributed by atoms with E-state index in [1.54, 1.807) is 6.92 Å². The Bertz CT molecular complexity index is 771. The van der Waals surface area contributed by atoms with E-state index in [1.165, 1.54) is 24.3 Å². The van der Waals surface area contributed by atoms with Crippen LogP contribution in [-0.2, 0) is 11.2 Å². The molecule has 3 rings (SSSR count). The quantitative estimate of drug-likeness (QED) is 0.476. The molecular weight excluding hydrogens is 314 g/mol. The lowest BCUT2D eigenvalue weighted by atomic mass is 10.1. The maximum absolute atomic E-state index is 12.1. The maximum Gasteiger partial charge on any atom is 0.338 e. The first-order valence-electron chi connectivity index (χ1n) is 7.37. The van der Waals surface area contributed by atoms with Gasteiger partial charge in [-0.2, -0.15) is 0 Å². The molecule has 0 saturated heterocycles. The average Bonchev–Trinajstić information content (AvgIpc) is 3.02. The first-order chi connectivity index (χ1) is 11.5. The van der Waals surface area contributed by atoms with E-state index >= 15 is 0 Å². The summed E-state index contributed by atoms with van der Waals surface area (Å²) in [5, 5.41) is 10.6.